The zero-order valence-electron chi connectivity index (χ0n) is 8.44. The number of hydrogen-bond donors (Lipinski definition) is 2. The van der Waals surface area contributed by atoms with Gasteiger partial charge in [0.15, 0.2) is 0 Å². The van der Waals surface area contributed by atoms with Crippen molar-refractivity contribution in [1.29, 1.82) is 0 Å². The van der Waals surface area contributed by atoms with Crippen LogP contribution in [0.25, 0.3) is 0 Å². The molecular weight excluding hydrogens is 194 g/mol. The molecule has 14 heavy (non-hydrogen) atoms. The number of hydrogen-bond acceptors (Lipinski definition) is 3. The van der Waals surface area contributed by atoms with Gasteiger partial charge in [0, 0.05) is 17.0 Å². The van der Waals surface area contributed by atoms with E-state index in [1.54, 1.807) is 11.3 Å². The molecule has 0 radical (unpaired) electrons. The van der Waals surface area contributed by atoms with E-state index < -0.39 is 0 Å². The van der Waals surface area contributed by atoms with Crippen LogP contribution in [0, 0.1) is 0 Å². The Balaban J connectivity index is 1.91. The highest BCUT2D eigenvalue weighted by molar-refractivity contribution is 7.10. The molecule has 78 valence electrons. The van der Waals surface area contributed by atoms with E-state index in [2.05, 4.69) is 29.8 Å². The van der Waals surface area contributed by atoms with Gasteiger partial charge >= 0.3 is 0 Å². The van der Waals surface area contributed by atoms with Crippen LogP contribution in [0.3, 0.4) is 0 Å². The fraction of sp³-hybridized carbons (Fsp3) is 0.636. The first-order chi connectivity index (χ1) is 6.77. The third-order valence-corrected chi connectivity index (χ3v) is 3.97. The van der Waals surface area contributed by atoms with Crippen LogP contribution in [0.2, 0.25) is 0 Å². The Hall–Kier alpha value is -0.380. The van der Waals surface area contributed by atoms with E-state index in [4.69, 9.17) is 0 Å². The molecule has 2 rings (SSSR count). The van der Waals surface area contributed by atoms with E-state index in [1.165, 1.54) is 4.88 Å². The Morgan fingerprint density at radius 1 is 1.57 bits per heavy atom. The van der Waals surface area contributed by atoms with Crippen LogP contribution in [0.15, 0.2) is 17.5 Å². The maximum Gasteiger partial charge on any atom is 0.0693 e. The molecule has 1 aliphatic rings. The summed E-state index contributed by atoms with van der Waals surface area (Å²) in [4.78, 5) is 1.35. The lowest BCUT2D eigenvalue weighted by Gasteiger charge is -2.21. The predicted molar refractivity (Wildman–Crippen MR) is 59.5 cm³/mol. The number of rotatable bonds is 3. The molecule has 1 heterocycles. The molecular formula is C11H17NOS. The van der Waals surface area contributed by atoms with Gasteiger partial charge < -0.3 is 10.4 Å². The van der Waals surface area contributed by atoms with Gasteiger partial charge in [-0.05, 0) is 37.6 Å². The Bertz CT molecular complexity index is 273. The lowest BCUT2D eigenvalue weighted by molar-refractivity contribution is 0.144. The van der Waals surface area contributed by atoms with Crippen LogP contribution in [0.1, 0.15) is 37.1 Å². The van der Waals surface area contributed by atoms with Crippen LogP contribution in [-0.4, -0.2) is 17.3 Å². The minimum Gasteiger partial charge on any atom is -0.392 e. The number of nitrogens with one attached hydrogen (secondary N) is 1. The van der Waals surface area contributed by atoms with Crippen LogP contribution in [0.4, 0.5) is 0 Å². The van der Waals surface area contributed by atoms with E-state index in [9.17, 15) is 5.11 Å². The second kappa shape index (κ2) is 4.43. The first-order valence-electron chi connectivity index (χ1n) is 5.25. The van der Waals surface area contributed by atoms with Crippen molar-refractivity contribution in [2.75, 3.05) is 0 Å². The van der Waals surface area contributed by atoms with Crippen molar-refractivity contribution >= 4 is 11.3 Å². The van der Waals surface area contributed by atoms with Crippen molar-refractivity contribution in [3.8, 4) is 0 Å². The smallest absolute Gasteiger partial charge is 0.0693 e. The minimum absolute atomic E-state index is 0.141. The molecule has 0 aromatic carbocycles. The maximum absolute atomic E-state index is 9.68. The van der Waals surface area contributed by atoms with Gasteiger partial charge in [0.1, 0.15) is 0 Å². The fourth-order valence-electron chi connectivity index (χ4n) is 2.08. The quantitative estimate of drug-likeness (QED) is 0.804. The predicted octanol–water partition coefficient (Wildman–Crippen LogP) is 2.31. The second-order valence-corrected chi connectivity index (χ2v) is 4.99. The third-order valence-electron chi connectivity index (χ3n) is 2.91. The van der Waals surface area contributed by atoms with Crippen molar-refractivity contribution in [2.24, 2.45) is 0 Å². The van der Waals surface area contributed by atoms with Gasteiger partial charge in [-0.2, -0.15) is 0 Å². The van der Waals surface area contributed by atoms with Gasteiger partial charge in [-0.3, -0.25) is 0 Å². The molecule has 0 saturated heterocycles. The van der Waals surface area contributed by atoms with Crippen LogP contribution < -0.4 is 5.32 Å². The van der Waals surface area contributed by atoms with Gasteiger partial charge in [0.05, 0.1) is 6.10 Å². The van der Waals surface area contributed by atoms with Crippen molar-refractivity contribution in [1.82, 2.24) is 5.32 Å². The number of aliphatic hydroxyl groups is 1. The Morgan fingerprint density at radius 2 is 2.43 bits per heavy atom. The lowest BCUT2D eigenvalue weighted by Crippen LogP contribution is -2.36. The molecule has 1 aromatic rings. The van der Waals surface area contributed by atoms with Gasteiger partial charge in [-0.1, -0.05) is 6.07 Å². The summed E-state index contributed by atoms with van der Waals surface area (Å²) in [6, 6.07) is 4.88. The molecule has 1 aliphatic carbocycles. The summed E-state index contributed by atoms with van der Waals surface area (Å²) in [5.41, 5.74) is 0. The Kier molecular flexibility index (Phi) is 3.21. The highest BCUT2D eigenvalue weighted by atomic mass is 32.1. The summed E-state index contributed by atoms with van der Waals surface area (Å²) < 4.78 is 0. The van der Waals surface area contributed by atoms with Crippen molar-refractivity contribution in [2.45, 2.75) is 44.4 Å². The van der Waals surface area contributed by atoms with E-state index >= 15 is 0 Å². The molecule has 0 spiro atoms. The largest absolute Gasteiger partial charge is 0.392 e. The first kappa shape index (κ1) is 10.1. The number of aliphatic hydroxyl groups excluding tert-OH is 1. The Morgan fingerprint density at radius 3 is 3.00 bits per heavy atom. The zero-order valence-corrected chi connectivity index (χ0v) is 9.26. The van der Waals surface area contributed by atoms with E-state index in [1.807, 2.05) is 0 Å². The number of thiophene rings is 1. The van der Waals surface area contributed by atoms with Crippen molar-refractivity contribution in [3.05, 3.63) is 22.4 Å². The highest BCUT2D eigenvalue weighted by Crippen LogP contribution is 2.24. The summed E-state index contributed by atoms with van der Waals surface area (Å²) in [7, 11) is 0. The van der Waals surface area contributed by atoms with Gasteiger partial charge in [0.25, 0.3) is 0 Å². The Labute approximate surface area is 89.0 Å². The normalized spacial score (nSPS) is 29.3. The van der Waals surface area contributed by atoms with E-state index in [-0.39, 0.29) is 6.10 Å². The summed E-state index contributed by atoms with van der Waals surface area (Å²) in [5, 5.41) is 15.3. The molecule has 0 unspecified atom stereocenters. The fourth-order valence-corrected chi connectivity index (χ4v) is 2.82. The van der Waals surface area contributed by atoms with Gasteiger partial charge in [0.2, 0.25) is 0 Å². The minimum atomic E-state index is -0.141. The molecule has 1 fully saturated rings. The molecule has 2 N–H and O–H groups in total. The van der Waals surface area contributed by atoms with E-state index in [0.717, 1.165) is 19.3 Å². The monoisotopic (exact) mass is 211 g/mol. The molecule has 3 atom stereocenters. The van der Waals surface area contributed by atoms with Crippen LogP contribution >= 0.6 is 11.3 Å². The molecule has 0 amide bonds. The third kappa shape index (κ3) is 2.16. The summed E-state index contributed by atoms with van der Waals surface area (Å²) in [6.45, 7) is 2.16. The average molecular weight is 211 g/mol. The average Bonchev–Trinajstić information content (AvgIpc) is 2.77. The van der Waals surface area contributed by atoms with Crippen molar-refractivity contribution in [3.63, 3.8) is 0 Å². The maximum atomic E-state index is 9.68. The first-order valence-corrected chi connectivity index (χ1v) is 6.13. The molecule has 3 heteroatoms. The summed E-state index contributed by atoms with van der Waals surface area (Å²) in [6.07, 6.45) is 3.07. The SMILES string of the molecule is C[C@H](N[C@H]1CCC[C@@H]1O)c1cccs1. The topological polar surface area (TPSA) is 32.3 Å². The summed E-state index contributed by atoms with van der Waals surface area (Å²) in [5.74, 6) is 0. The molecule has 2 nitrogen and oxygen atoms in total. The second-order valence-electron chi connectivity index (χ2n) is 4.01. The lowest BCUT2D eigenvalue weighted by atomic mass is 10.1. The summed E-state index contributed by atoms with van der Waals surface area (Å²) >= 11 is 1.77. The van der Waals surface area contributed by atoms with Crippen LogP contribution in [-0.2, 0) is 0 Å². The molecule has 1 aromatic heterocycles. The van der Waals surface area contributed by atoms with E-state index in [0.29, 0.717) is 12.1 Å². The molecule has 0 aliphatic heterocycles. The molecule has 0 bridgehead atoms. The highest BCUT2D eigenvalue weighted by Gasteiger charge is 2.26. The van der Waals surface area contributed by atoms with Gasteiger partial charge in [-0.15, -0.1) is 11.3 Å². The molecule has 1 saturated carbocycles. The van der Waals surface area contributed by atoms with Crippen LogP contribution in [0.5, 0.6) is 0 Å². The van der Waals surface area contributed by atoms with Gasteiger partial charge in [-0.25, -0.2) is 0 Å². The van der Waals surface area contributed by atoms with Crippen molar-refractivity contribution < 1.29 is 5.11 Å². The zero-order chi connectivity index (χ0) is 9.97. The standard InChI is InChI=1S/C11H17NOS/c1-8(11-6-3-7-14-11)12-9-4-2-5-10(9)13/h3,6-10,12-13H,2,4-5H2,1H3/t8-,9-,10-/m0/s1.